The van der Waals surface area contributed by atoms with Gasteiger partial charge in [0, 0.05) is 13.1 Å². The normalized spacial score (nSPS) is 22.5. The molecule has 0 aromatic rings. The lowest BCUT2D eigenvalue weighted by Crippen LogP contribution is -2.69. The van der Waals surface area contributed by atoms with Crippen LogP contribution in [0.3, 0.4) is 0 Å². The highest BCUT2D eigenvalue weighted by Crippen LogP contribution is 2.50. The number of carbonyl (C=O) groups excluding carboxylic acids is 1. The fourth-order valence-corrected chi connectivity index (χ4v) is 2.20. The molecule has 1 fully saturated rings. The highest BCUT2D eigenvalue weighted by atomic mass is 19.4. The molecular weight excluding hydrogens is 340 g/mol. The van der Waals surface area contributed by atoms with Crippen LogP contribution in [0, 0.1) is 5.92 Å². The van der Waals surface area contributed by atoms with Crippen molar-refractivity contribution in [1.82, 2.24) is 4.90 Å². The van der Waals surface area contributed by atoms with Crippen molar-refractivity contribution in [3.05, 3.63) is 0 Å². The van der Waals surface area contributed by atoms with E-state index in [-0.39, 0.29) is 0 Å². The van der Waals surface area contributed by atoms with Crippen LogP contribution in [0.5, 0.6) is 0 Å². The van der Waals surface area contributed by atoms with Crippen LogP contribution in [0.15, 0.2) is 0 Å². The standard InChI is InChI=1S/C10H9F10NO/c11-6(22)7(12,13)9(17,10(18,19)20)21-3-1-5(2-4-21)8(14,15)16/h5H,1-4H2. The molecule has 22 heavy (non-hydrogen) atoms. The van der Waals surface area contributed by atoms with Gasteiger partial charge in [-0.05, 0) is 12.8 Å². The molecule has 0 aromatic heterocycles. The second-order valence-electron chi connectivity index (χ2n) is 4.77. The summed E-state index contributed by atoms with van der Waals surface area (Å²) in [6.45, 7) is -2.72. The van der Waals surface area contributed by atoms with Crippen molar-refractivity contribution in [2.45, 2.75) is 36.9 Å². The predicted octanol–water partition coefficient (Wildman–Crippen LogP) is 3.62. The minimum Gasteiger partial charge on any atom is -0.258 e. The van der Waals surface area contributed by atoms with E-state index in [2.05, 4.69) is 0 Å². The fourth-order valence-electron chi connectivity index (χ4n) is 2.20. The van der Waals surface area contributed by atoms with Crippen molar-refractivity contribution in [2.75, 3.05) is 13.1 Å². The topological polar surface area (TPSA) is 20.3 Å². The van der Waals surface area contributed by atoms with Crippen LogP contribution in [0.2, 0.25) is 0 Å². The molecule has 1 heterocycles. The van der Waals surface area contributed by atoms with Gasteiger partial charge in [-0.25, -0.2) is 4.39 Å². The van der Waals surface area contributed by atoms with Gasteiger partial charge in [-0.3, -0.25) is 9.69 Å². The van der Waals surface area contributed by atoms with Crippen molar-refractivity contribution in [1.29, 1.82) is 0 Å². The third-order valence-electron chi connectivity index (χ3n) is 3.43. The molecule has 0 bridgehead atoms. The minimum atomic E-state index is -6.39. The van der Waals surface area contributed by atoms with E-state index in [1.807, 2.05) is 0 Å². The Morgan fingerprint density at radius 2 is 1.27 bits per heavy atom. The van der Waals surface area contributed by atoms with E-state index >= 15 is 0 Å². The first-order valence-electron chi connectivity index (χ1n) is 5.81. The van der Waals surface area contributed by atoms with Gasteiger partial charge in [0.25, 0.3) is 0 Å². The van der Waals surface area contributed by atoms with Gasteiger partial charge >= 0.3 is 30.1 Å². The maximum absolute atomic E-state index is 13.9. The molecule has 1 unspecified atom stereocenters. The van der Waals surface area contributed by atoms with Gasteiger partial charge in [0.15, 0.2) is 0 Å². The molecule has 0 aromatic carbocycles. The van der Waals surface area contributed by atoms with E-state index in [1.54, 1.807) is 0 Å². The quantitative estimate of drug-likeness (QED) is 0.441. The highest BCUT2D eigenvalue weighted by Gasteiger charge is 2.78. The van der Waals surface area contributed by atoms with Crippen molar-refractivity contribution < 1.29 is 48.7 Å². The smallest absolute Gasteiger partial charge is 0.258 e. The lowest BCUT2D eigenvalue weighted by Gasteiger charge is -2.44. The molecule has 0 spiro atoms. The molecule has 0 radical (unpaired) electrons. The summed E-state index contributed by atoms with van der Waals surface area (Å²) in [4.78, 5) is 9.39. The van der Waals surface area contributed by atoms with Crippen LogP contribution in [0.4, 0.5) is 43.9 Å². The molecule has 1 aliphatic heterocycles. The second-order valence-corrected chi connectivity index (χ2v) is 4.77. The van der Waals surface area contributed by atoms with Crippen molar-refractivity contribution in [3.63, 3.8) is 0 Å². The molecule has 130 valence electrons. The Morgan fingerprint density at radius 1 is 0.864 bits per heavy atom. The monoisotopic (exact) mass is 349 g/mol. The van der Waals surface area contributed by atoms with Gasteiger partial charge in [-0.15, -0.1) is 0 Å². The number of alkyl halides is 9. The third-order valence-corrected chi connectivity index (χ3v) is 3.43. The van der Waals surface area contributed by atoms with Gasteiger partial charge in [-0.2, -0.15) is 39.5 Å². The molecule has 12 heteroatoms. The van der Waals surface area contributed by atoms with Crippen LogP contribution < -0.4 is 0 Å². The van der Waals surface area contributed by atoms with Crippen molar-refractivity contribution in [3.8, 4) is 0 Å². The molecule has 0 saturated carbocycles. The molecule has 1 rings (SSSR count). The Labute approximate surface area is 117 Å². The Hall–Kier alpha value is -1.07. The minimum absolute atomic E-state index is 0.674. The molecule has 0 amide bonds. The Morgan fingerprint density at radius 3 is 1.55 bits per heavy atom. The van der Waals surface area contributed by atoms with Gasteiger partial charge < -0.3 is 0 Å². The number of carbonyl (C=O) groups is 1. The summed E-state index contributed by atoms with van der Waals surface area (Å²) in [5.41, 5.74) is 0. The molecule has 0 N–H and O–H groups in total. The molecule has 0 aliphatic carbocycles. The predicted molar refractivity (Wildman–Crippen MR) is 51.3 cm³/mol. The Bertz CT molecular complexity index is 422. The summed E-state index contributed by atoms with van der Waals surface area (Å²) in [5, 5.41) is 0. The third kappa shape index (κ3) is 3.01. The fraction of sp³-hybridized carbons (Fsp3) is 0.900. The molecule has 1 atom stereocenters. The van der Waals surface area contributed by atoms with E-state index < -0.39 is 66.9 Å². The zero-order valence-electron chi connectivity index (χ0n) is 10.5. The number of nitrogens with zero attached hydrogens (tertiary/aromatic N) is 1. The van der Waals surface area contributed by atoms with Crippen molar-refractivity contribution >= 4 is 6.04 Å². The van der Waals surface area contributed by atoms with E-state index in [1.165, 1.54) is 0 Å². The van der Waals surface area contributed by atoms with E-state index in [9.17, 15) is 48.7 Å². The van der Waals surface area contributed by atoms with Crippen LogP contribution in [0.25, 0.3) is 0 Å². The highest BCUT2D eigenvalue weighted by molar-refractivity contribution is 5.78. The average molecular weight is 349 g/mol. The summed E-state index contributed by atoms with van der Waals surface area (Å²) >= 11 is 0. The number of rotatable bonds is 3. The average Bonchev–Trinajstić information content (AvgIpc) is 2.35. The molecular formula is C10H9F10NO. The van der Waals surface area contributed by atoms with Gasteiger partial charge in [0.1, 0.15) is 0 Å². The Balaban J connectivity index is 3.11. The summed E-state index contributed by atoms with van der Waals surface area (Å²) in [6.07, 6.45) is -13.3. The van der Waals surface area contributed by atoms with Gasteiger partial charge in [0.2, 0.25) is 0 Å². The zero-order valence-corrected chi connectivity index (χ0v) is 10.5. The first kappa shape index (κ1) is 19.0. The zero-order chi connectivity index (χ0) is 17.6. The van der Waals surface area contributed by atoms with E-state index in [4.69, 9.17) is 0 Å². The van der Waals surface area contributed by atoms with Crippen LogP contribution in [0.1, 0.15) is 12.8 Å². The van der Waals surface area contributed by atoms with Crippen LogP contribution in [-0.4, -0.2) is 48.1 Å². The largest absolute Gasteiger partial charge is 0.443 e. The summed E-state index contributed by atoms with van der Waals surface area (Å²) in [6, 6.07) is -3.86. The second kappa shape index (κ2) is 5.53. The molecule has 1 aliphatic rings. The number of hydrogen-bond acceptors (Lipinski definition) is 2. The number of likely N-dealkylation sites (tertiary alicyclic amines) is 1. The summed E-state index contributed by atoms with van der Waals surface area (Å²) in [7, 11) is 0. The first-order chi connectivity index (χ1) is 9.65. The SMILES string of the molecule is O=C(F)C(F)(F)C(F)(N1CCC(C(F)(F)F)CC1)C(F)(F)F. The van der Waals surface area contributed by atoms with Crippen LogP contribution in [-0.2, 0) is 4.79 Å². The van der Waals surface area contributed by atoms with Gasteiger partial charge in [-0.1, -0.05) is 0 Å². The van der Waals surface area contributed by atoms with E-state index in [0.29, 0.717) is 0 Å². The maximum Gasteiger partial charge on any atom is 0.443 e. The summed E-state index contributed by atoms with van der Waals surface area (Å²) < 4.78 is 127. The number of piperidine rings is 1. The first-order valence-corrected chi connectivity index (χ1v) is 5.81. The number of halogens is 10. The van der Waals surface area contributed by atoms with Crippen LogP contribution >= 0.6 is 0 Å². The lowest BCUT2D eigenvalue weighted by molar-refractivity contribution is -0.350. The molecule has 2 nitrogen and oxygen atoms in total. The summed E-state index contributed by atoms with van der Waals surface area (Å²) in [5.74, 6) is -13.9. The van der Waals surface area contributed by atoms with E-state index in [0.717, 1.165) is 0 Å². The lowest BCUT2D eigenvalue weighted by atomic mass is 9.93. The molecule has 1 saturated heterocycles. The number of hydrogen-bond donors (Lipinski definition) is 0. The van der Waals surface area contributed by atoms with Gasteiger partial charge in [0.05, 0.1) is 5.92 Å². The van der Waals surface area contributed by atoms with Crippen molar-refractivity contribution in [2.24, 2.45) is 5.92 Å². The maximum atomic E-state index is 13.9. The Kier molecular flexibility index (Phi) is 4.77.